The number of urea groups is 1. The van der Waals surface area contributed by atoms with E-state index in [0.717, 1.165) is 33.6 Å². The number of nitrogens with zero attached hydrogens (tertiary/aromatic N) is 5. The number of benzene rings is 1. The largest absolute Gasteiger partial charge is 0.385 e. The number of nitrogens with one attached hydrogen (secondary N) is 2. The summed E-state index contributed by atoms with van der Waals surface area (Å²) < 4.78 is 20.3. The Morgan fingerprint density at radius 2 is 1.88 bits per heavy atom. The van der Waals surface area contributed by atoms with Crippen LogP contribution >= 0.6 is 11.3 Å². The molecule has 0 spiro atoms. The Bertz CT molecular complexity index is 1110. The molecule has 2 amide bonds. The van der Waals surface area contributed by atoms with Crippen LogP contribution < -0.4 is 15.5 Å². The molecule has 0 aliphatic carbocycles. The highest BCUT2D eigenvalue weighted by Crippen LogP contribution is 2.35. The quantitative estimate of drug-likeness (QED) is 0.493. The van der Waals surface area contributed by atoms with Crippen LogP contribution in [-0.2, 0) is 4.74 Å². The zero-order chi connectivity index (χ0) is 24.3. The normalized spacial score (nSPS) is 14.6. The monoisotopic (exact) mass is 489 g/mol. The second-order valence-electron chi connectivity index (χ2n) is 9.32. The number of anilines is 2. The third-order valence-corrected chi connectivity index (χ3v) is 6.41. The van der Waals surface area contributed by atoms with E-state index in [0.29, 0.717) is 39.3 Å². The number of aromatic nitrogens is 3. The number of ether oxygens (including phenoxy) is 1. The van der Waals surface area contributed by atoms with Gasteiger partial charge in [0.05, 0.1) is 0 Å². The predicted molar refractivity (Wildman–Crippen MR) is 133 cm³/mol. The number of carbonyl (C=O) groups excluding carboxylic acids is 1. The second kappa shape index (κ2) is 10.1. The minimum Gasteiger partial charge on any atom is -0.385 e. The molecule has 0 radical (unpaired) electrons. The van der Waals surface area contributed by atoms with Crippen LogP contribution in [0.25, 0.3) is 16.2 Å². The van der Waals surface area contributed by atoms with Gasteiger partial charge in [-0.15, -0.1) is 5.10 Å². The average molecular weight is 490 g/mol. The molecule has 9 nitrogen and oxygen atoms in total. The Labute approximate surface area is 202 Å². The summed E-state index contributed by atoms with van der Waals surface area (Å²) >= 11 is 1.51. The molecule has 3 heterocycles. The third kappa shape index (κ3) is 5.58. The molecule has 1 aromatic carbocycles. The fraction of sp³-hybridized carbons (Fsp3) is 0.522. The number of fused-ring (bicyclic) bond motifs is 1. The molecular formula is C23H32FN7O2S. The Kier molecular flexibility index (Phi) is 7.22. The zero-order valence-electron chi connectivity index (χ0n) is 20.1. The van der Waals surface area contributed by atoms with Gasteiger partial charge in [0, 0.05) is 57.5 Å². The van der Waals surface area contributed by atoms with E-state index in [2.05, 4.69) is 36.3 Å². The van der Waals surface area contributed by atoms with E-state index in [4.69, 9.17) is 14.8 Å². The summed E-state index contributed by atoms with van der Waals surface area (Å²) in [6.07, 6.45) is 0.798. The Morgan fingerprint density at radius 1 is 1.18 bits per heavy atom. The third-order valence-electron chi connectivity index (χ3n) is 5.44. The highest BCUT2D eigenvalue weighted by atomic mass is 32.1. The van der Waals surface area contributed by atoms with Crippen molar-refractivity contribution >= 4 is 33.3 Å². The fourth-order valence-corrected chi connectivity index (χ4v) is 4.72. The van der Waals surface area contributed by atoms with Crippen LogP contribution in [-0.4, -0.2) is 77.5 Å². The zero-order valence-corrected chi connectivity index (χ0v) is 20.9. The maximum Gasteiger partial charge on any atom is 0.317 e. The van der Waals surface area contributed by atoms with Crippen molar-refractivity contribution in [3.63, 3.8) is 0 Å². The number of hydrogen-bond acceptors (Lipinski definition) is 7. The van der Waals surface area contributed by atoms with Gasteiger partial charge < -0.3 is 25.2 Å². The summed E-state index contributed by atoms with van der Waals surface area (Å²) in [5.74, 6) is 0.504. The van der Waals surface area contributed by atoms with E-state index in [9.17, 15) is 9.18 Å². The number of rotatable bonds is 7. The molecular weight excluding hydrogens is 457 g/mol. The lowest BCUT2D eigenvalue weighted by Crippen LogP contribution is -2.52. The van der Waals surface area contributed by atoms with Gasteiger partial charge in [-0.25, -0.2) is 14.2 Å². The fourth-order valence-electron chi connectivity index (χ4n) is 3.77. The molecule has 2 aromatic heterocycles. The molecule has 184 valence electrons. The SMILES string of the molecule is COCCCNC(=O)N1CCN(c2nn3c(NC(C)(C)C)c(-c4ccc(F)cc4)nc3s2)CC1. The molecule has 3 aromatic rings. The van der Waals surface area contributed by atoms with Crippen molar-refractivity contribution in [1.82, 2.24) is 24.8 Å². The molecule has 1 saturated heterocycles. The van der Waals surface area contributed by atoms with E-state index in [1.54, 1.807) is 19.2 Å². The first-order valence-corrected chi connectivity index (χ1v) is 12.3. The Hall–Kier alpha value is -2.92. The second-order valence-corrected chi connectivity index (χ2v) is 10.3. The lowest BCUT2D eigenvalue weighted by molar-refractivity contribution is 0.183. The maximum atomic E-state index is 13.5. The van der Waals surface area contributed by atoms with E-state index >= 15 is 0 Å². The van der Waals surface area contributed by atoms with Crippen molar-refractivity contribution in [3.05, 3.63) is 30.1 Å². The van der Waals surface area contributed by atoms with Gasteiger partial charge in [0.2, 0.25) is 10.1 Å². The van der Waals surface area contributed by atoms with Gasteiger partial charge in [-0.1, -0.05) is 11.3 Å². The molecule has 11 heteroatoms. The van der Waals surface area contributed by atoms with Crippen LogP contribution in [0.1, 0.15) is 27.2 Å². The molecule has 0 saturated carbocycles. The van der Waals surface area contributed by atoms with Crippen molar-refractivity contribution in [2.24, 2.45) is 0 Å². The van der Waals surface area contributed by atoms with E-state index < -0.39 is 0 Å². The van der Waals surface area contributed by atoms with Gasteiger partial charge in [0.15, 0.2) is 5.82 Å². The molecule has 0 unspecified atom stereocenters. The molecule has 34 heavy (non-hydrogen) atoms. The number of carbonyl (C=O) groups is 1. The molecule has 0 bridgehead atoms. The van der Waals surface area contributed by atoms with Gasteiger partial charge in [-0.05, 0) is 51.5 Å². The van der Waals surface area contributed by atoms with E-state index in [1.807, 2.05) is 9.42 Å². The number of methoxy groups -OCH3 is 1. The van der Waals surface area contributed by atoms with Crippen molar-refractivity contribution in [3.8, 4) is 11.3 Å². The van der Waals surface area contributed by atoms with Gasteiger partial charge in [-0.3, -0.25) is 0 Å². The van der Waals surface area contributed by atoms with E-state index in [-0.39, 0.29) is 17.4 Å². The van der Waals surface area contributed by atoms with Crippen molar-refractivity contribution in [2.75, 3.05) is 56.7 Å². The van der Waals surface area contributed by atoms with Crippen LogP contribution in [0.15, 0.2) is 24.3 Å². The first-order valence-electron chi connectivity index (χ1n) is 11.5. The molecule has 1 aliphatic heterocycles. The average Bonchev–Trinajstić information content (AvgIpc) is 3.36. The van der Waals surface area contributed by atoms with Crippen molar-refractivity contribution in [1.29, 1.82) is 0 Å². The minimum absolute atomic E-state index is 0.0368. The number of halogens is 1. The summed E-state index contributed by atoms with van der Waals surface area (Å²) in [5, 5.41) is 12.2. The summed E-state index contributed by atoms with van der Waals surface area (Å²) in [4.78, 5) is 22.0. The van der Waals surface area contributed by atoms with Crippen LogP contribution in [0.4, 0.5) is 20.1 Å². The molecule has 1 fully saturated rings. The first-order chi connectivity index (χ1) is 16.2. The number of amides is 2. The lowest BCUT2D eigenvalue weighted by Gasteiger charge is -2.34. The summed E-state index contributed by atoms with van der Waals surface area (Å²) in [6.45, 7) is 10.1. The van der Waals surface area contributed by atoms with Gasteiger partial charge in [0.25, 0.3) is 0 Å². The number of hydrogen-bond donors (Lipinski definition) is 2. The number of imidazole rings is 1. The summed E-state index contributed by atoms with van der Waals surface area (Å²) in [5.41, 5.74) is 1.37. The van der Waals surface area contributed by atoms with Crippen LogP contribution in [0, 0.1) is 5.82 Å². The summed E-state index contributed by atoms with van der Waals surface area (Å²) in [7, 11) is 1.66. The van der Waals surface area contributed by atoms with Crippen LogP contribution in [0.2, 0.25) is 0 Å². The maximum absolute atomic E-state index is 13.5. The number of piperazine rings is 1. The van der Waals surface area contributed by atoms with Gasteiger partial charge >= 0.3 is 6.03 Å². The topological polar surface area (TPSA) is 87.0 Å². The van der Waals surface area contributed by atoms with Crippen LogP contribution in [0.5, 0.6) is 0 Å². The van der Waals surface area contributed by atoms with Crippen molar-refractivity contribution < 1.29 is 13.9 Å². The Morgan fingerprint density at radius 3 is 2.53 bits per heavy atom. The predicted octanol–water partition coefficient (Wildman–Crippen LogP) is 3.68. The summed E-state index contributed by atoms with van der Waals surface area (Å²) in [6, 6.07) is 6.31. The first kappa shape index (κ1) is 24.2. The molecule has 0 atom stereocenters. The minimum atomic E-state index is -0.279. The molecule has 2 N–H and O–H groups in total. The van der Waals surface area contributed by atoms with Gasteiger partial charge in [0.1, 0.15) is 11.5 Å². The van der Waals surface area contributed by atoms with Crippen molar-refractivity contribution in [2.45, 2.75) is 32.7 Å². The highest BCUT2D eigenvalue weighted by Gasteiger charge is 2.26. The van der Waals surface area contributed by atoms with Crippen LogP contribution in [0.3, 0.4) is 0 Å². The van der Waals surface area contributed by atoms with E-state index in [1.165, 1.54) is 23.5 Å². The standard InChI is InChI=1S/C23H32FN7O2S/c1-23(2,3)27-19-18(16-6-8-17(24)9-7-16)26-21-31(19)28-22(34-21)30-13-11-29(12-14-30)20(32)25-10-5-15-33-4/h6-9,27H,5,10-15H2,1-4H3,(H,25,32). The molecule has 4 rings (SSSR count). The molecule has 1 aliphatic rings. The van der Waals surface area contributed by atoms with Gasteiger partial charge in [-0.2, -0.15) is 4.52 Å². The Balaban J connectivity index is 1.49. The highest BCUT2D eigenvalue weighted by molar-refractivity contribution is 7.20. The smallest absolute Gasteiger partial charge is 0.317 e. The lowest BCUT2D eigenvalue weighted by atomic mass is 10.1.